The van der Waals surface area contributed by atoms with E-state index in [2.05, 4.69) is 42.8 Å². The van der Waals surface area contributed by atoms with Gasteiger partial charge in [0, 0.05) is 25.4 Å². The molecule has 0 spiro atoms. The minimum Gasteiger partial charge on any atom is -0.467 e. The van der Waals surface area contributed by atoms with Crippen molar-refractivity contribution in [2.45, 2.75) is 38.4 Å². The van der Waals surface area contributed by atoms with Crippen LogP contribution in [-0.4, -0.2) is 39.3 Å². The zero-order chi connectivity index (χ0) is 20.8. The molecule has 1 aromatic carbocycles. The Kier molecular flexibility index (Phi) is 6.07. The van der Waals surface area contributed by atoms with Crippen LogP contribution in [0.1, 0.15) is 29.4 Å². The predicted molar refractivity (Wildman–Crippen MR) is 108 cm³/mol. The molecule has 1 atom stereocenters. The van der Waals surface area contributed by atoms with E-state index < -0.39 is 0 Å². The lowest BCUT2D eigenvalue weighted by molar-refractivity contribution is -0.120. The monoisotopic (exact) mass is 408 g/mol. The maximum atomic E-state index is 12.2. The molecule has 3 heterocycles. The fourth-order valence-electron chi connectivity index (χ4n) is 3.47. The van der Waals surface area contributed by atoms with Crippen LogP contribution in [0.15, 0.2) is 53.1 Å². The number of carbonyl (C=O) groups is 2. The highest BCUT2D eigenvalue weighted by Gasteiger charge is 2.24. The van der Waals surface area contributed by atoms with E-state index in [0.717, 1.165) is 24.5 Å². The Labute approximate surface area is 173 Å². The van der Waals surface area contributed by atoms with E-state index in [-0.39, 0.29) is 24.5 Å². The highest BCUT2D eigenvalue weighted by molar-refractivity contribution is 5.83. The number of fused-ring (bicyclic) bond motifs is 1. The zero-order valence-electron chi connectivity index (χ0n) is 16.5. The molecule has 0 fully saturated rings. The number of aromatic nitrogens is 3. The van der Waals surface area contributed by atoms with Gasteiger partial charge in [0.1, 0.15) is 17.4 Å². The molecule has 156 valence electrons. The van der Waals surface area contributed by atoms with Crippen LogP contribution in [0.25, 0.3) is 0 Å². The summed E-state index contributed by atoms with van der Waals surface area (Å²) in [7, 11) is 0. The first kappa shape index (κ1) is 19.7. The number of amides is 3. The van der Waals surface area contributed by atoms with Crippen molar-refractivity contribution in [3.8, 4) is 0 Å². The summed E-state index contributed by atoms with van der Waals surface area (Å²) in [6.07, 6.45) is 3.77. The molecule has 9 heteroatoms. The second kappa shape index (κ2) is 9.25. The standard InChI is InChI=1S/C21H24N6O3/c28-20(22-12-17-7-4-10-30-17)13-23-21(29)24-16-8-9-18-25-26-19(27(18)14-16)11-15-5-2-1-3-6-15/h1-7,10,16H,8-9,11-14H2,(H,22,28)(H2,23,24,29). The van der Waals surface area contributed by atoms with Crippen molar-refractivity contribution in [1.29, 1.82) is 0 Å². The quantitative estimate of drug-likeness (QED) is 0.547. The van der Waals surface area contributed by atoms with Crippen LogP contribution >= 0.6 is 0 Å². The molecule has 3 aromatic rings. The first-order valence-electron chi connectivity index (χ1n) is 9.95. The fourth-order valence-corrected chi connectivity index (χ4v) is 3.47. The second-order valence-electron chi connectivity index (χ2n) is 7.22. The third-order valence-corrected chi connectivity index (χ3v) is 5.01. The van der Waals surface area contributed by atoms with Gasteiger partial charge in [-0.2, -0.15) is 0 Å². The van der Waals surface area contributed by atoms with Crippen molar-refractivity contribution >= 4 is 11.9 Å². The highest BCUT2D eigenvalue weighted by atomic mass is 16.3. The number of rotatable bonds is 7. The van der Waals surface area contributed by atoms with Gasteiger partial charge >= 0.3 is 6.03 Å². The van der Waals surface area contributed by atoms with Gasteiger partial charge in [0.05, 0.1) is 19.4 Å². The summed E-state index contributed by atoms with van der Waals surface area (Å²) in [4.78, 5) is 24.1. The van der Waals surface area contributed by atoms with Gasteiger partial charge in [-0.15, -0.1) is 10.2 Å². The summed E-state index contributed by atoms with van der Waals surface area (Å²) in [6, 6.07) is 13.2. The Bertz CT molecular complexity index is 984. The van der Waals surface area contributed by atoms with Gasteiger partial charge < -0.3 is 24.9 Å². The summed E-state index contributed by atoms with van der Waals surface area (Å²) in [5.74, 6) is 2.21. The number of nitrogens with one attached hydrogen (secondary N) is 3. The molecule has 0 bridgehead atoms. The Balaban J connectivity index is 1.25. The predicted octanol–water partition coefficient (Wildman–Crippen LogP) is 1.39. The van der Waals surface area contributed by atoms with Crippen LogP contribution in [0.2, 0.25) is 0 Å². The van der Waals surface area contributed by atoms with E-state index in [1.807, 2.05) is 18.2 Å². The molecule has 3 amide bonds. The molecule has 0 saturated heterocycles. The van der Waals surface area contributed by atoms with E-state index in [0.29, 0.717) is 25.3 Å². The van der Waals surface area contributed by atoms with Crippen molar-refractivity contribution in [3.63, 3.8) is 0 Å². The van der Waals surface area contributed by atoms with Gasteiger partial charge in [-0.25, -0.2) is 4.79 Å². The molecule has 4 rings (SSSR count). The van der Waals surface area contributed by atoms with E-state index in [9.17, 15) is 9.59 Å². The van der Waals surface area contributed by atoms with Gasteiger partial charge in [0.25, 0.3) is 0 Å². The van der Waals surface area contributed by atoms with Gasteiger partial charge in [-0.1, -0.05) is 30.3 Å². The minimum atomic E-state index is -0.366. The van der Waals surface area contributed by atoms with E-state index >= 15 is 0 Å². The van der Waals surface area contributed by atoms with Crippen LogP contribution in [0.4, 0.5) is 4.79 Å². The van der Waals surface area contributed by atoms with Gasteiger partial charge in [0.15, 0.2) is 0 Å². The zero-order valence-corrected chi connectivity index (χ0v) is 16.5. The maximum Gasteiger partial charge on any atom is 0.315 e. The summed E-state index contributed by atoms with van der Waals surface area (Å²) in [6.45, 7) is 0.803. The number of aryl methyl sites for hydroxylation is 1. The van der Waals surface area contributed by atoms with Crippen molar-refractivity contribution in [2.75, 3.05) is 6.54 Å². The van der Waals surface area contributed by atoms with Crippen molar-refractivity contribution in [2.24, 2.45) is 0 Å². The van der Waals surface area contributed by atoms with Crippen LogP contribution < -0.4 is 16.0 Å². The average Bonchev–Trinajstić information content (AvgIpc) is 3.42. The number of urea groups is 1. The van der Waals surface area contributed by atoms with Gasteiger partial charge in [-0.3, -0.25) is 4.79 Å². The largest absolute Gasteiger partial charge is 0.467 e. The van der Waals surface area contributed by atoms with Gasteiger partial charge in [0.2, 0.25) is 5.91 Å². The van der Waals surface area contributed by atoms with Crippen molar-refractivity contribution < 1.29 is 14.0 Å². The molecule has 2 aromatic heterocycles. The van der Waals surface area contributed by atoms with Crippen molar-refractivity contribution in [3.05, 3.63) is 71.7 Å². The van der Waals surface area contributed by atoms with Crippen LogP contribution in [0, 0.1) is 0 Å². The van der Waals surface area contributed by atoms with Crippen LogP contribution in [-0.2, 0) is 30.7 Å². The molecule has 0 radical (unpaired) electrons. The summed E-state index contributed by atoms with van der Waals surface area (Å²) >= 11 is 0. The lowest BCUT2D eigenvalue weighted by Gasteiger charge is -2.25. The maximum absolute atomic E-state index is 12.2. The number of benzene rings is 1. The first-order valence-corrected chi connectivity index (χ1v) is 9.95. The Morgan fingerprint density at radius 1 is 1.10 bits per heavy atom. The molecule has 1 aliphatic rings. The summed E-state index contributed by atoms with van der Waals surface area (Å²) in [5.41, 5.74) is 1.17. The molecule has 0 saturated carbocycles. The van der Waals surface area contributed by atoms with Crippen LogP contribution in [0.5, 0.6) is 0 Å². The number of furan rings is 1. The summed E-state index contributed by atoms with van der Waals surface area (Å²) < 4.78 is 7.23. The van der Waals surface area contributed by atoms with Crippen LogP contribution in [0.3, 0.4) is 0 Å². The highest BCUT2D eigenvalue weighted by Crippen LogP contribution is 2.17. The Morgan fingerprint density at radius 2 is 1.97 bits per heavy atom. The van der Waals surface area contributed by atoms with Gasteiger partial charge in [-0.05, 0) is 24.1 Å². The number of nitrogens with zero attached hydrogens (tertiary/aromatic N) is 3. The molecule has 9 nitrogen and oxygen atoms in total. The molecule has 0 aliphatic carbocycles. The summed E-state index contributed by atoms with van der Waals surface area (Å²) in [5, 5.41) is 16.9. The molecule has 30 heavy (non-hydrogen) atoms. The molecule has 3 N–H and O–H groups in total. The normalized spacial score (nSPS) is 15.3. The van der Waals surface area contributed by atoms with E-state index in [1.165, 1.54) is 5.56 Å². The van der Waals surface area contributed by atoms with E-state index in [1.54, 1.807) is 18.4 Å². The Hall–Kier alpha value is -3.62. The SMILES string of the molecule is O=C(CNC(=O)NC1CCc2nnc(Cc3ccccc3)n2C1)NCc1ccco1. The minimum absolute atomic E-state index is 0.0470. The lowest BCUT2D eigenvalue weighted by Crippen LogP contribution is -2.48. The Morgan fingerprint density at radius 3 is 2.77 bits per heavy atom. The molecular weight excluding hydrogens is 384 g/mol. The third kappa shape index (κ3) is 5.05. The fraction of sp³-hybridized carbons (Fsp3) is 0.333. The molecular formula is C21H24N6O3. The number of carbonyl (C=O) groups excluding carboxylic acids is 2. The smallest absolute Gasteiger partial charge is 0.315 e. The number of hydrogen-bond acceptors (Lipinski definition) is 5. The average molecular weight is 408 g/mol. The molecule has 1 unspecified atom stereocenters. The topological polar surface area (TPSA) is 114 Å². The van der Waals surface area contributed by atoms with Crippen molar-refractivity contribution in [1.82, 2.24) is 30.7 Å². The van der Waals surface area contributed by atoms with E-state index in [4.69, 9.17) is 4.42 Å². The second-order valence-corrected chi connectivity index (χ2v) is 7.22. The first-order chi connectivity index (χ1) is 14.7. The third-order valence-electron chi connectivity index (χ3n) is 5.01. The lowest BCUT2D eigenvalue weighted by atomic mass is 10.1. The molecule has 1 aliphatic heterocycles. The number of hydrogen-bond donors (Lipinski definition) is 3.